The average molecular weight is 689 g/mol. The number of benzene rings is 4. The summed E-state index contributed by atoms with van der Waals surface area (Å²) in [6.45, 7) is 1.96. The number of carbonyl (C=O) groups is 1. The van der Waals surface area contributed by atoms with Gasteiger partial charge in [-0.25, -0.2) is 0 Å². The molecule has 4 aromatic carbocycles. The highest BCUT2D eigenvalue weighted by Gasteiger charge is 2.65. The van der Waals surface area contributed by atoms with Gasteiger partial charge in [-0.1, -0.05) is 133 Å². The minimum atomic E-state index is -1.45. The van der Waals surface area contributed by atoms with Crippen LogP contribution < -0.4 is 0 Å². The summed E-state index contributed by atoms with van der Waals surface area (Å²) in [6.07, 6.45) is 1.16. The van der Waals surface area contributed by atoms with Crippen LogP contribution in [0, 0.1) is 17.8 Å². The van der Waals surface area contributed by atoms with Crippen molar-refractivity contribution in [3.63, 3.8) is 0 Å². The number of rotatable bonds is 15. The number of carbonyl (C=O) groups excluding carboxylic acids is 1. The highest BCUT2D eigenvalue weighted by molar-refractivity contribution is 5.92. The van der Waals surface area contributed by atoms with Crippen molar-refractivity contribution in [3.8, 4) is 0 Å². The predicted molar refractivity (Wildman–Crippen MR) is 189 cm³/mol. The van der Waals surface area contributed by atoms with E-state index >= 15 is 0 Å². The Morgan fingerprint density at radius 3 is 1.69 bits per heavy atom. The van der Waals surface area contributed by atoms with Gasteiger partial charge in [-0.3, -0.25) is 4.79 Å². The molecule has 0 N–H and O–H groups in total. The van der Waals surface area contributed by atoms with Gasteiger partial charge in [0.2, 0.25) is 5.79 Å². The van der Waals surface area contributed by atoms with E-state index in [0.29, 0.717) is 26.4 Å². The van der Waals surface area contributed by atoms with E-state index in [0.717, 1.165) is 28.7 Å². The minimum Gasteiger partial charge on any atom is -0.374 e. The van der Waals surface area contributed by atoms with E-state index in [1.54, 1.807) is 0 Å². The topological polar surface area (TPSA) is 81.7 Å². The molecule has 9 rings (SSSR count). The largest absolute Gasteiger partial charge is 0.374 e. The highest BCUT2D eigenvalue weighted by atomic mass is 16.8. The van der Waals surface area contributed by atoms with Crippen molar-refractivity contribution in [3.05, 3.63) is 156 Å². The molecule has 0 aromatic heterocycles. The van der Waals surface area contributed by atoms with Gasteiger partial charge >= 0.3 is 0 Å². The van der Waals surface area contributed by atoms with Crippen LogP contribution in [-0.2, 0) is 64.4 Å². The van der Waals surface area contributed by atoms with E-state index in [1.807, 2.05) is 127 Å². The summed E-state index contributed by atoms with van der Waals surface area (Å²) < 4.78 is 46.8. The maximum Gasteiger partial charge on any atom is 0.238 e. The summed E-state index contributed by atoms with van der Waals surface area (Å²) in [5.41, 5.74) is 4.05. The molecular weight excluding hydrogens is 644 g/mol. The van der Waals surface area contributed by atoms with E-state index in [-0.39, 0.29) is 36.8 Å². The lowest BCUT2D eigenvalue weighted by molar-refractivity contribution is -0.373. The van der Waals surface area contributed by atoms with Gasteiger partial charge in [0.25, 0.3) is 0 Å². The number of ketones is 1. The summed E-state index contributed by atoms with van der Waals surface area (Å²) in [5.74, 6) is -1.74. The Kier molecular flexibility index (Phi) is 10.5. The van der Waals surface area contributed by atoms with E-state index in [9.17, 15) is 4.79 Å². The van der Waals surface area contributed by atoms with Crippen molar-refractivity contribution in [2.75, 3.05) is 13.2 Å². The molecule has 9 atom stereocenters. The fraction of sp³-hybridized carbons (Fsp3) is 0.372. The first-order chi connectivity index (χ1) is 25.2. The molecule has 0 radical (unpaired) electrons. The maximum atomic E-state index is 14.0. The van der Waals surface area contributed by atoms with Crippen molar-refractivity contribution in [1.82, 2.24) is 0 Å². The Morgan fingerprint density at radius 2 is 1.12 bits per heavy atom. The molecule has 0 unspecified atom stereocenters. The summed E-state index contributed by atoms with van der Waals surface area (Å²) in [4.78, 5) is 14.0. The zero-order chi connectivity index (χ0) is 34.5. The summed E-state index contributed by atoms with van der Waals surface area (Å²) in [7, 11) is 0. The van der Waals surface area contributed by atoms with Gasteiger partial charge in [-0.2, -0.15) is 0 Å². The van der Waals surface area contributed by atoms with E-state index in [4.69, 9.17) is 33.2 Å². The Labute approximate surface area is 299 Å². The Hall–Kier alpha value is -3.99. The molecule has 2 saturated heterocycles. The summed E-state index contributed by atoms with van der Waals surface area (Å²) in [5, 5.41) is 0. The minimum absolute atomic E-state index is 0.0600. The normalized spacial score (nSPS) is 30.9. The lowest BCUT2D eigenvalue weighted by atomic mass is 9.67. The Bertz CT molecular complexity index is 1740. The average Bonchev–Trinajstić information content (AvgIpc) is 3.50. The third kappa shape index (κ3) is 7.50. The molecule has 2 heterocycles. The van der Waals surface area contributed by atoms with Gasteiger partial charge in [-0.15, -0.1) is 0 Å². The number of allylic oxidation sites excluding steroid dienone is 1. The SMILES string of the molecule is O=C1[C@H]2C=C[C@@H]3[C@@H](CO[C@]13O[C@H]1O[C@H](COCc3ccccc3)[C@@H](OCc3ccccc3)[C@H](OCc3ccccc3)[C@H]1OCc1ccccc1)C2. The zero-order valence-electron chi connectivity index (χ0n) is 28.5. The molecule has 1 saturated carbocycles. The van der Waals surface area contributed by atoms with Crippen LogP contribution in [0.15, 0.2) is 133 Å². The molecule has 5 aliphatic rings. The van der Waals surface area contributed by atoms with Crippen LogP contribution in [0.3, 0.4) is 0 Å². The lowest BCUT2D eigenvalue weighted by Gasteiger charge is -2.49. The van der Waals surface area contributed by atoms with E-state index in [2.05, 4.69) is 6.08 Å². The second-order valence-corrected chi connectivity index (χ2v) is 13.8. The van der Waals surface area contributed by atoms with Gasteiger partial charge in [-0.05, 0) is 34.6 Å². The van der Waals surface area contributed by atoms with Crippen molar-refractivity contribution in [2.24, 2.45) is 17.8 Å². The van der Waals surface area contributed by atoms with Gasteiger partial charge < -0.3 is 33.2 Å². The molecular formula is C43H44O8. The first-order valence-electron chi connectivity index (χ1n) is 17.9. The monoisotopic (exact) mass is 688 g/mol. The second kappa shape index (κ2) is 15.7. The van der Waals surface area contributed by atoms with Crippen molar-refractivity contribution in [2.45, 2.75) is 69.3 Å². The van der Waals surface area contributed by atoms with Crippen LogP contribution in [-0.4, -0.2) is 55.5 Å². The molecule has 2 aliphatic heterocycles. The fourth-order valence-corrected chi connectivity index (χ4v) is 7.77. The molecule has 8 nitrogen and oxygen atoms in total. The van der Waals surface area contributed by atoms with Crippen LogP contribution in [0.1, 0.15) is 28.7 Å². The predicted octanol–water partition coefficient (Wildman–Crippen LogP) is 6.82. The number of hydrogen-bond donors (Lipinski definition) is 0. The highest BCUT2D eigenvalue weighted by Crippen LogP contribution is 2.53. The van der Waals surface area contributed by atoms with E-state index < -0.39 is 36.5 Å². The zero-order valence-corrected chi connectivity index (χ0v) is 28.5. The molecule has 51 heavy (non-hydrogen) atoms. The lowest BCUT2D eigenvalue weighted by Crippen LogP contribution is -2.65. The quantitative estimate of drug-likeness (QED) is 0.126. The number of hydrogen-bond acceptors (Lipinski definition) is 8. The van der Waals surface area contributed by atoms with Crippen LogP contribution >= 0.6 is 0 Å². The Balaban J connectivity index is 1.14. The summed E-state index contributed by atoms with van der Waals surface area (Å²) >= 11 is 0. The first kappa shape index (κ1) is 34.1. The van der Waals surface area contributed by atoms with Gasteiger partial charge in [0.05, 0.1) is 39.6 Å². The second-order valence-electron chi connectivity index (χ2n) is 13.8. The maximum absolute atomic E-state index is 14.0. The van der Waals surface area contributed by atoms with E-state index in [1.165, 1.54) is 0 Å². The molecule has 3 aliphatic carbocycles. The third-order valence-corrected chi connectivity index (χ3v) is 10.4. The van der Waals surface area contributed by atoms with Crippen molar-refractivity contribution < 1.29 is 38.0 Å². The van der Waals surface area contributed by atoms with Crippen LogP contribution in [0.25, 0.3) is 0 Å². The smallest absolute Gasteiger partial charge is 0.238 e. The van der Waals surface area contributed by atoms with Crippen molar-refractivity contribution >= 4 is 5.78 Å². The fourth-order valence-electron chi connectivity index (χ4n) is 7.77. The van der Waals surface area contributed by atoms with Gasteiger partial charge in [0, 0.05) is 11.8 Å². The van der Waals surface area contributed by atoms with Crippen LogP contribution in [0.4, 0.5) is 0 Å². The molecule has 8 heteroatoms. The van der Waals surface area contributed by atoms with Crippen LogP contribution in [0.2, 0.25) is 0 Å². The summed E-state index contributed by atoms with van der Waals surface area (Å²) in [6, 6.07) is 40.0. The molecule has 3 fully saturated rings. The number of ether oxygens (including phenoxy) is 7. The molecule has 0 spiro atoms. The first-order valence-corrected chi connectivity index (χ1v) is 17.9. The van der Waals surface area contributed by atoms with Crippen LogP contribution in [0.5, 0.6) is 0 Å². The molecule has 264 valence electrons. The standard InChI is InChI=1S/C43H44O8/c44-41-34-21-22-36-35(23-34)28-49-43(36,41)51-42-40(48-27-33-19-11-4-12-20-33)39(47-26-32-17-9-3-10-18-32)38(46-25-31-15-7-2-8-16-31)37(50-42)29-45-24-30-13-5-1-6-14-30/h1-22,34-40,42H,23-29H2/t34-,35+,36+,37+,38+,39-,40+,42+,43+/m0/s1. The van der Waals surface area contributed by atoms with Gasteiger partial charge in [0.1, 0.15) is 24.4 Å². The Morgan fingerprint density at radius 1 is 0.608 bits per heavy atom. The third-order valence-electron chi connectivity index (χ3n) is 10.4. The number of Topliss-reactive ketones (excluding diaryl/α,β-unsaturated/α-hetero) is 1. The molecule has 4 aromatic rings. The van der Waals surface area contributed by atoms with Gasteiger partial charge in [0.15, 0.2) is 12.1 Å². The molecule has 4 bridgehead atoms. The molecule has 0 amide bonds. The van der Waals surface area contributed by atoms with Crippen molar-refractivity contribution in [1.29, 1.82) is 0 Å².